The van der Waals surface area contributed by atoms with Gasteiger partial charge in [-0.3, -0.25) is 33.6 Å². The zero-order chi connectivity index (χ0) is 50.2. The lowest BCUT2D eigenvalue weighted by molar-refractivity contribution is -0.143. The molecule has 0 saturated carbocycles. The first-order chi connectivity index (χ1) is 30.8. The van der Waals surface area contributed by atoms with Crippen molar-refractivity contribution in [2.75, 3.05) is 0 Å². The predicted molar refractivity (Wildman–Crippen MR) is 241 cm³/mol. The molecule has 66 heavy (non-hydrogen) atoms. The van der Waals surface area contributed by atoms with Crippen LogP contribution in [0.15, 0.2) is 48.5 Å². The molecule has 14 N–H and O–H groups in total. The van der Waals surface area contributed by atoms with E-state index in [4.69, 9.17) is 5.73 Å². The number of aliphatic hydroxyl groups is 2. The highest BCUT2D eigenvalue weighted by molar-refractivity contribution is 5.98. The fraction of sp³-hybridized carbons (Fsp3) is 0.556. The molecule has 2 rings (SSSR count). The van der Waals surface area contributed by atoms with E-state index in [9.17, 15) is 63.9 Å². The van der Waals surface area contributed by atoms with Gasteiger partial charge in [0.25, 0.3) is 0 Å². The average Bonchev–Trinajstić information content (AvgIpc) is 3.24. The number of rotatable bonds is 25. The van der Waals surface area contributed by atoms with E-state index >= 15 is 0 Å². The number of hydrogen-bond donors (Lipinski definition) is 13. The molecule has 7 amide bonds. The fourth-order valence-corrected chi connectivity index (χ4v) is 6.53. The van der Waals surface area contributed by atoms with E-state index in [1.807, 2.05) is 0 Å². The maximum absolute atomic E-state index is 14.0. The van der Waals surface area contributed by atoms with Crippen LogP contribution in [0.2, 0.25) is 0 Å². The average molecular weight is 929 g/mol. The van der Waals surface area contributed by atoms with Crippen molar-refractivity contribution in [3.8, 4) is 11.5 Å². The van der Waals surface area contributed by atoms with Crippen LogP contribution in [0.1, 0.15) is 79.9 Å². The summed E-state index contributed by atoms with van der Waals surface area (Å²) in [4.78, 5) is 107. The number of aliphatic carboxylic acids is 1. The molecule has 0 aliphatic carbocycles. The summed E-state index contributed by atoms with van der Waals surface area (Å²) < 4.78 is 0. The lowest BCUT2D eigenvalue weighted by Gasteiger charge is -2.31. The van der Waals surface area contributed by atoms with Gasteiger partial charge in [0.05, 0.1) is 18.2 Å². The standard InChI is InChI=1S/C45H68N8O13/c1-10-23(6)35(51-44(64)36(25(8)54)52-39(59)31(46)19-27-11-15-29(56)16-12-27)42(62)53-37(26(9)55)43(63)49-33(21(2)3)41(61)48-32(20-28-13-17-30(57)18-14-28)40(60)47-24(7)38(58)50-34(22(4)5)45(65)66/h11-18,21-26,31-37,54-57H,10,19-20,46H2,1-9H3,(H,47,60)(H,48,61)(H,49,63)(H,50,58)(H,51,64)(H,52,59)(H,53,62)(H,65,66)/t23-,24-,25+,26+,31-,32-,33-,34-,35-,36-,37-/m0/s1. The van der Waals surface area contributed by atoms with E-state index in [1.54, 1.807) is 53.7 Å². The van der Waals surface area contributed by atoms with Crippen molar-refractivity contribution >= 4 is 47.3 Å². The van der Waals surface area contributed by atoms with Gasteiger partial charge in [-0.1, -0.05) is 72.2 Å². The van der Waals surface area contributed by atoms with Crippen LogP contribution in [0.25, 0.3) is 0 Å². The molecule has 2 aromatic rings. The quantitative estimate of drug-likeness (QED) is 0.0558. The Hall–Kier alpha value is -6.32. The summed E-state index contributed by atoms with van der Waals surface area (Å²) >= 11 is 0. The second-order valence-electron chi connectivity index (χ2n) is 17.3. The number of phenolic OH excluding ortho intramolecular Hbond substituents is 2. The molecule has 0 aliphatic heterocycles. The number of aromatic hydroxyl groups is 2. The van der Waals surface area contributed by atoms with Crippen molar-refractivity contribution < 1.29 is 63.9 Å². The number of phenols is 2. The normalized spacial score (nSPS) is 16.3. The van der Waals surface area contributed by atoms with Crippen molar-refractivity contribution in [1.29, 1.82) is 0 Å². The molecule has 2 aromatic carbocycles. The Morgan fingerprint density at radius 2 is 0.864 bits per heavy atom. The second kappa shape index (κ2) is 26.0. The van der Waals surface area contributed by atoms with Gasteiger partial charge in [0, 0.05) is 6.42 Å². The smallest absolute Gasteiger partial charge is 0.326 e. The summed E-state index contributed by atoms with van der Waals surface area (Å²) in [6, 6.07) is 0.640. The number of hydrogen-bond acceptors (Lipinski definition) is 13. The van der Waals surface area contributed by atoms with Crippen LogP contribution in [-0.4, -0.2) is 133 Å². The van der Waals surface area contributed by atoms with Crippen LogP contribution in [0.3, 0.4) is 0 Å². The van der Waals surface area contributed by atoms with E-state index in [0.29, 0.717) is 17.5 Å². The van der Waals surface area contributed by atoms with E-state index in [1.165, 1.54) is 57.2 Å². The summed E-state index contributed by atoms with van der Waals surface area (Å²) in [5, 5.41) is 67.5. The Morgan fingerprint density at radius 1 is 0.485 bits per heavy atom. The van der Waals surface area contributed by atoms with Crippen molar-refractivity contribution in [3.63, 3.8) is 0 Å². The van der Waals surface area contributed by atoms with Crippen molar-refractivity contribution in [2.45, 2.75) is 142 Å². The maximum Gasteiger partial charge on any atom is 0.326 e. The van der Waals surface area contributed by atoms with Crippen LogP contribution in [0, 0.1) is 17.8 Å². The van der Waals surface area contributed by atoms with E-state index in [0.717, 1.165) is 0 Å². The van der Waals surface area contributed by atoms with Gasteiger partial charge in [-0.05, 0) is 80.3 Å². The third-order valence-electron chi connectivity index (χ3n) is 10.9. The number of carbonyl (C=O) groups is 8. The Balaban J connectivity index is 2.29. The summed E-state index contributed by atoms with van der Waals surface area (Å²) in [5.74, 6) is -9.23. The zero-order valence-electron chi connectivity index (χ0n) is 38.8. The first kappa shape index (κ1) is 55.8. The number of benzene rings is 2. The fourth-order valence-electron chi connectivity index (χ4n) is 6.53. The maximum atomic E-state index is 14.0. The highest BCUT2D eigenvalue weighted by atomic mass is 16.4. The number of carboxylic acids is 1. The lowest BCUT2D eigenvalue weighted by Crippen LogP contribution is -2.64. The number of nitrogens with two attached hydrogens (primary N) is 1. The number of nitrogens with one attached hydrogen (secondary N) is 7. The molecule has 0 fully saturated rings. The molecule has 0 spiro atoms. The molecule has 0 aliphatic rings. The van der Waals surface area contributed by atoms with Gasteiger partial charge in [0.2, 0.25) is 41.4 Å². The van der Waals surface area contributed by atoms with Crippen molar-refractivity contribution in [3.05, 3.63) is 59.7 Å². The van der Waals surface area contributed by atoms with Crippen LogP contribution in [0.5, 0.6) is 11.5 Å². The molecule has 0 unspecified atom stereocenters. The van der Waals surface area contributed by atoms with Gasteiger partial charge in [0.1, 0.15) is 53.8 Å². The molecule has 0 heterocycles. The van der Waals surface area contributed by atoms with Gasteiger partial charge < -0.3 is 68.5 Å². The van der Waals surface area contributed by atoms with Gasteiger partial charge in [-0.15, -0.1) is 0 Å². The number of carbonyl (C=O) groups excluding carboxylic acids is 7. The van der Waals surface area contributed by atoms with E-state index in [2.05, 4.69) is 37.2 Å². The lowest BCUT2D eigenvalue weighted by atomic mass is 9.96. The topological polar surface area (TPSA) is 348 Å². The molecule has 0 bridgehead atoms. The summed E-state index contributed by atoms with van der Waals surface area (Å²) in [6.45, 7) is 13.5. The second-order valence-corrected chi connectivity index (χ2v) is 17.3. The molecule has 0 aromatic heterocycles. The van der Waals surface area contributed by atoms with Crippen molar-refractivity contribution in [2.24, 2.45) is 23.5 Å². The molecule has 21 heteroatoms. The minimum atomic E-state index is -1.70. The van der Waals surface area contributed by atoms with Crippen LogP contribution >= 0.6 is 0 Å². The Morgan fingerprint density at radius 3 is 1.29 bits per heavy atom. The van der Waals surface area contributed by atoms with Crippen LogP contribution in [-0.2, 0) is 51.2 Å². The SMILES string of the molecule is CC[C@H](C)[C@H](NC(=O)[C@@H](NC(=O)[C@@H](N)Cc1ccc(O)cc1)[C@@H](C)O)C(=O)N[C@H](C(=O)N[C@H](C(=O)N[C@@H](Cc1ccc(O)cc1)C(=O)N[C@@H](C)C(=O)N[C@H](C(=O)O)C(C)C)C(C)C)[C@@H](C)O. The predicted octanol–water partition coefficient (Wildman–Crippen LogP) is -1.17. The van der Waals surface area contributed by atoms with Gasteiger partial charge in [-0.25, -0.2) is 4.79 Å². The highest BCUT2D eigenvalue weighted by Gasteiger charge is 2.38. The molecule has 366 valence electrons. The van der Waals surface area contributed by atoms with Gasteiger partial charge in [-0.2, -0.15) is 0 Å². The molecule has 0 saturated heterocycles. The summed E-state index contributed by atoms with van der Waals surface area (Å²) in [6.07, 6.45) is -2.82. The number of aliphatic hydroxyl groups excluding tert-OH is 2. The van der Waals surface area contributed by atoms with Gasteiger partial charge >= 0.3 is 5.97 Å². The molecule has 21 nitrogen and oxygen atoms in total. The number of amides is 7. The monoisotopic (exact) mass is 928 g/mol. The summed E-state index contributed by atoms with van der Waals surface area (Å²) in [7, 11) is 0. The zero-order valence-corrected chi connectivity index (χ0v) is 38.8. The van der Waals surface area contributed by atoms with Crippen molar-refractivity contribution in [1.82, 2.24) is 37.2 Å². The van der Waals surface area contributed by atoms with Gasteiger partial charge in [0.15, 0.2) is 0 Å². The highest BCUT2D eigenvalue weighted by Crippen LogP contribution is 2.15. The number of carboxylic acid groups (broad SMARTS) is 1. The Bertz CT molecular complexity index is 1980. The minimum absolute atomic E-state index is 0.0139. The molecular weight excluding hydrogens is 861 g/mol. The van der Waals surface area contributed by atoms with Crippen LogP contribution < -0.4 is 43.0 Å². The largest absolute Gasteiger partial charge is 0.508 e. The Labute approximate surface area is 384 Å². The third kappa shape index (κ3) is 17.2. The third-order valence-corrected chi connectivity index (χ3v) is 10.9. The minimum Gasteiger partial charge on any atom is -0.508 e. The molecule has 0 radical (unpaired) electrons. The molecule has 11 atom stereocenters. The molecular formula is C45H68N8O13. The van der Waals surface area contributed by atoms with Crippen LogP contribution in [0.4, 0.5) is 0 Å². The van der Waals surface area contributed by atoms with E-state index < -0.39 is 126 Å². The first-order valence-corrected chi connectivity index (χ1v) is 21.8. The Kier molecular flexibility index (Phi) is 22.0. The summed E-state index contributed by atoms with van der Waals surface area (Å²) in [5.41, 5.74) is 7.17. The first-order valence-electron chi connectivity index (χ1n) is 21.8. The van der Waals surface area contributed by atoms with E-state index in [-0.39, 0.29) is 24.3 Å².